The summed E-state index contributed by atoms with van der Waals surface area (Å²) in [5.41, 5.74) is 0.694. The second-order valence-corrected chi connectivity index (χ2v) is 6.33. The predicted molar refractivity (Wildman–Crippen MR) is 91.5 cm³/mol. The van der Waals surface area contributed by atoms with Crippen LogP contribution in [0.2, 0.25) is 0 Å². The molecule has 1 aromatic carbocycles. The molecule has 0 saturated carbocycles. The van der Waals surface area contributed by atoms with Crippen molar-refractivity contribution < 1.29 is 19.0 Å². The number of hydrogen-bond donors (Lipinski definition) is 1. The van der Waals surface area contributed by atoms with E-state index in [-0.39, 0.29) is 18.2 Å². The number of ether oxygens (including phenoxy) is 3. The fraction of sp³-hybridized carbons (Fsp3) is 0.611. The molecule has 24 heavy (non-hydrogen) atoms. The first-order valence-electron chi connectivity index (χ1n) is 8.69. The van der Waals surface area contributed by atoms with Crippen molar-refractivity contribution in [2.75, 3.05) is 38.8 Å². The van der Waals surface area contributed by atoms with Crippen LogP contribution < -0.4 is 10.1 Å². The lowest BCUT2D eigenvalue weighted by Gasteiger charge is -2.31. The fourth-order valence-electron chi connectivity index (χ4n) is 3.10. The van der Waals surface area contributed by atoms with Crippen molar-refractivity contribution in [3.8, 4) is 5.75 Å². The molecule has 132 valence electrons. The van der Waals surface area contributed by atoms with E-state index in [0.717, 1.165) is 32.3 Å². The third kappa shape index (κ3) is 4.39. The molecule has 0 unspecified atom stereocenters. The zero-order valence-corrected chi connectivity index (χ0v) is 14.2. The molecule has 0 aliphatic carbocycles. The number of amides is 2. The van der Waals surface area contributed by atoms with E-state index in [4.69, 9.17) is 14.2 Å². The predicted octanol–water partition coefficient (Wildman–Crippen LogP) is 2.89. The molecule has 2 amide bonds. The van der Waals surface area contributed by atoms with Gasteiger partial charge in [0.15, 0.2) is 0 Å². The van der Waals surface area contributed by atoms with E-state index in [1.54, 1.807) is 4.90 Å². The van der Waals surface area contributed by atoms with Crippen LogP contribution in [0.25, 0.3) is 0 Å². The second-order valence-electron chi connectivity index (χ2n) is 6.33. The highest BCUT2D eigenvalue weighted by Crippen LogP contribution is 2.26. The molecule has 0 aromatic heterocycles. The van der Waals surface area contributed by atoms with Crippen LogP contribution >= 0.6 is 0 Å². The summed E-state index contributed by atoms with van der Waals surface area (Å²) >= 11 is 0. The average molecular weight is 334 g/mol. The first kappa shape index (κ1) is 17.0. The lowest BCUT2D eigenvalue weighted by atomic mass is 10.1. The highest BCUT2D eigenvalue weighted by molar-refractivity contribution is 5.91. The van der Waals surface area contributed by atoms with Gasteiger partial charge in [-0.05, 0) is 37.8 Å². The average Bonchev–Trinajstić information content (AvgIpc) is 3.14. The maximum atomic E-state index is 12.5. The Kier molecular flexibility index (Phi) is 5.93. The third-order valence-electron chi connectivity index (χ3n) is 4.64. The maximum absolute atomic E-state index is 12.5. The number of hydrogen-bond acceptors (Lipinski definition) is 4. The zero-order valence-electron chi connectivity index (χ0n) is 14.2. The fourth-order valence-corrected chi connectivity index (χ4v) is 3.10. The standard InChI is InChI=1S/C18H26N2O4/c1-20(14-8-11-22-12-9-14)18(21)19-16-6-2-3-7-17(16)24-13-15-5-4-10-23-15/h2-3,6-7,14-15H,4-5,8-13H2,1H3,(H,19,21)/t15-/m0/s1. The summed E-state index contributed by atoms with van der Waals surface area (Å²) in [6.45, 7) is 2.75. The Labute approximate surface area is 143 Å². The van der Waals surface area contributed by atoms with Crippen molar-refractivity contribution in [2.24, 2.45) is 0 Å². The molecular weight excluding hydrogens is 308 g/mol. The van der Waals surface area contributed by atoms with E-state index in [0.29, 0.717) is 31.3 Å². The molecule has 6 heteroatoms. The number of nitrogens with one attached hydrogen (secondary N) is 1. The summed E-state index contributed by atoms with van der Waals surface area (Å²) in [5, 5.41) is 2.96. The van der Waals surface area contributed by atoms with Crippen LogP contribution in [0, 0.1) is 0 Å². The summed E-state index contributed by atoms with van der Waals surface area (Å²) < 4.78 is 16.8. The van der Waals surface area contributed by atoms with E-state index >= 15 is 0 Å². The second kappa shape index (κ2) is 8.35. The monoisotopic (exact) mass is 334 g/mol. The Balaban J connectivity index is 1.58. The molecule has 2 saturated heterocycles. The Morgan fingerprint density at radius 3 is 2.79 bits per heavy atom. The van der Waals surface area contributed by atoms with E-state index in [2.05, 4.69) is 5.32 Å². The molecular formula is C18H26N2O4. The van der Waals surface area contributed by atoms with Crippen molar-refractivity contribution in [2.45, 2.75) is 37.8 Å². The summed E-state index contributed by atoms with van der Waals surface area (Å²) in [4.78, 5) is 14.3. The van der Waals surface area contributed by atoms with Gasteiger partial charge >= 0.3 is 6.03 Å². The topological polar surface area (TPSA) is 60.0 Å². The molecule has 2 fully saturated rings. The van der Waals surface area contributed by atoms with Gasteiger partial charge in [0.25, 0.3) is 0 Å². The van der Waals surface area contributed by atoms with Gasteiger partial charge in [0, 0.05) is 32.9 Å². The Morgan fingerprint density at radius 1 is 1.25 bits per heavy atom. The number of benzene rings is 1. The summed E-state index contributed by atoms with van der Waals surface area (Å²) in [6, 6.07) is 7.64. The zero-order chi connectivity index (χ0) is 16.8. The van der Waals surface area contributed by atoms with Crippen LogP contribution in [0.15, 0.2) is 24.3 Å². The van der Waals surface area contributed by atoms with Crippen LogP contribution in [0.5, 0.6) is 5.75 Å². The molecule has 1 N–H and O–H groups in total. The minimum Gasteiger partial charge on any atom is -0.489 e. The largest absolute Gasteiger partial charge is 0.489 e. The van der Waals surface area contributed by atoms with Crippen LogP contribution in [-0.4, -0.2) is 56.6 Å². The van der Waals surface area contributed by atoms with Gasteiger partial charge in [-0.1, -0.05) is 12.1 Å². The van der Waals surface area contributed by atoms with Gasteiger partial charge in [0.2, 0.25) is 0 Å². The minimum atomic E-state index is -0.116. The number of nitrogens with zero attached hydrogens (tertiary/aromatic N) is 1. The minimum absolute atomic E-state index is 0.116. The van der Waals surface area contributed by atoms with E-state index in [1.807, 2.05) is 31.3 Å². The number of urea groups is 1. The van der Waals surface area contributed by atoms with E-state index in [9.17, 15) is 4.79 Å². The third-order valence-corrected chi connectivity index (χ3v) is 4.64. The number of anilines is 1. The van der Waals surface area contributed by atoms with Crippen molar-refractivity contribution in [3.05, 3.63) is 24.3 Å². The summed E-state index contributed by atoms with van der Waals surface area (Å²) in [5.74, 6) is 0.682. The maximum Gasteiger partial charge on any atom is 0.321 e. The number of rotatable bonds is 5. The van der Waals surface area contributed by atoms with Crippen LogP contribution in [0.4, 0.5) is 10.5 Å². The molecule has 2 aliphatic heterocycles. The SMILES string of the molecule is CN(C(=O)Nc1ccccc1OC[C@@H]1CCCO1)C1CCOCC1. The van der Waals surface area contributed by atoms with Gasteiger partial charge < -0.3 is 24.4 Å². The molecule has 3 rings (SSSR count). The highest BCUT2D eigenvalue weighted by Gasteiger charge is 2.23. The quantitative estimate of drug-likeness (QED) is 0.899. The molecule has 2 aliphatic rings. The Hall–Kier alpha value is -1.79. The van der Waals surface area contributed by atoms with Crippen LogP contribution in [-0.2, 0) is 9.47 Å². The molecule has 0 spiro atoms. The molecule has 6 nitrogen and oxygen atoms in total. The smallest absolute Gasteiger partial charge is 0.321 e. The van der Waals surface area contributed by atoms with E-state index in [1.165, 1.54) is 0 Å². The van der Waals surface area contributed by atoms with Gasteiger partial charge in [-0.15, -0.1) is 0 Å². The van der Waals surface area contributed by atoms with Crippen LogP contribution in [0.1, 0.15) is 25.7 Å². The van der Waals surface area contributed by atoms with Crippen molar-refractivity contribution in [3.63, 3.8) is 0 Å². The normalized spacial score (nSPS) is 21.5. The van der Waals surface area contributed by atoms with Gasteiger partial charge in [0.1, 0.15) is 12.4 Å². The molecule has 1 atom stereocenters. The molecule has 0 radical (unpaired) electrons. The lowest BCUT2D eigenvalue weighted by molar-refractivity contribution is 0.0544. The summed E-state index contributed by atoms with van der Waals surface area (Å²) in [7, 11) is 1.83. The lowest BCUT2D eigenvalue weighted by Crippen LogP contribution is -2.42. The molecule has 2 heterocycles. The number of para-hydroxylation sites is 2. The van der Waals surface area contributed by atoms with Crippen LogP contribution in [0.3, 0.4) is 0 Å². The number of carbonyl (C=O) groups is 1. The molecule has 0 bridgehead atoms. The van der Waals surface area contributed by atoms with Crippen molar-refractivity contribution in [1.82, 2.24) is 4.90 Å². The Morgan fingerprint density at radius 2 is 2.04 bits per heavy atom. The number of carbonyl (C=O) groups excluding carboxylic acids is 1. The van der Waals surface area contributed by atoms with Gasteiger partial charge in [-0.25, -0.2) is 4.79 Å². The first-order valence-corrected chi connectivity index (χ1v) is 8.69. The van der Waals surface area contributed by atoms with Gasteiger partial charge in [-0.2, -0.15) is 0 Å². The van der Waals surface area contributed by atoms with Gasteiger partial charge in [0.05, 0.1) is 11.8 Å². The van der Waals surface area contributed by atoms with Crippen molar-refractivity contribution >= 4 is 11.7 Å². The molecule has 1 aromatic rings. The van der Waals surface area contributed by atoms with Gasteiger partial charge in [-0.3, -0.25) is 0 Å². The first-order chi connectivity index (χ1) is 11.7. The van der Waals surface area contributed by atoms with Crippen molar-refractivity contribution in [1.29, 1.82) is 0 Å². The van der Waals surface area contributed by atoms with E-state index < -0.39 is 0 Å². The highest BCUT2D eigenvalue weighted by atomic mass is 16.5. The summed E-state index contributed by atoms with van der Waals surface area (Å²) in [6.07, 6.45) is 4.02. The Bertz CT molecular complexity index is 540.